The van der Waals surface area contributed by atoms with Gasteiger partial charge in [0.15, 0.2) is 0 Å². The highest BCUT2D eigenvalue weighted by Gasteiger charge is 2.09. The molecule has 0 fully saturated rings. The van der Waals surface area contributed by atoms with E-state index in [0.29, 0.717) is 0 Å². The fraction of sp³-hybridized carbons (Fsp3) is 0.500. The fourth-order valence-corrected chi connectivity index (χ4v) is 2.83. The molecule has 0 saturated carbocycles. The number of rotatable bonds is 3. The van der Waals surface area contributed by atoms with Gasteiger partial charge in [-0.15, -0.1) is 11.3 Å². The van der Waals surface area contributed by atoms with E-state index in [2.05, 4.69) is 51.2 Å². The molecule has 17 heavy (non-hydrogen) atoms. The zero-order valence-corrected chi connectivity index (χ0v) is 11.8. The maximum absolute atomic E-state index is 4.71. The van der Waals surface area contributed by atoms with Gasteiger partial charge in [0.1, 0.15) is 0 Å². The second-order valence-corrected chi connectivity index (χ2v) is 6.57. The van der Waals surface area contributed by atoms with Crippen LogP contribution in [0.5, 0.6) is 0 Å². The van der Waals surface area contributed by atoms with Crippen molar-refractivity contribution in [1.29, 1.82) is 0 Å². The summed E-state index contributed by atoms with van der Waals surface area (Å²) in [5.41, 5.74) is 2.63. The van der Waals surface area contributed by atoms with Gasteiger partial charge in [-0.2, -0.15) is 0 Å². The number of nitrogens with zero attached hydrogens (tertiary/aromatic N) is 1. The topological polar surface area (TPSA) is 24.9 Å². The molecule has 0 amide bonds. The van der Waals surface area contributed by atoms with Gasteiger partial charge in [0, 0.05) is 18.5 Å². The van der Waals surface area contributed by atoms with Crippen LogP contribution >= 0.6 is 11.3 Å². The van der Waals surface area contributed by atoms with Crippen LogP contribution in [0.3, 0.4) is 0 Å². The van der Waals surface area contributed by atoms with Gasteiger partial charge in [0.25, 0.3) is 0 Å². The molecule has 0 bridgehead atoms. The lowest BCUT2D eigenvalue weighted by Gasteiger charge is -2.19. The smallest absolute Gasteiger partial charge is 0.0951 e. The lowest BCUT2D eigenvalue weighted by molar-refractivity contribution is 0.429. The summed E-state index contributed by atoms with van der Waals surface area (Å²) in [7, 11) is 0. The monoisotopic (exact) mass is 248 g/mol. The van der Waals surface area contributed by atoms with E-state index in [1.54, 1.807) is 0 Å². The Kier molecular flexibility index (Phi) is 3.50. The van der Waals surface area contributed by atoms with Crippen LogP contribution in [0.15, 0.2) is 18.2 Å². The number of hydrogen-bond acceptors (Lipinski definition) is 3. The molecule has 0 aliphatic carbocycles. The summed E-state index contributed by atoms with van der Waals surface area (Å²) in [5, 5.41) is 4.72. The third-order valence-electron chi connectivity index (χ3n) is 2.66. The van der Waals surface area contributed by atoms with Crippen molar-refractivity contribution in [2.24, 2.45) is 0 Å². The molecule has 0 aliphatic heterocycles. The molecule has 0 saturated heterocycles. The molecule has 1 N–H and O–H groups in total. The van der Waals surface area contributed by atoms with Crippen LogP contribution in [0.25, 0.3) is 10.2 Å². The highest BCUT2D eigenvalue weighted by molar-refractivity contribution is 7.18. The summed E-state index contributed by atoms with van der Waals surface area (Å²) in [4.78, 5) is 4.71. The molecule has 2 aromatic rings. The lowest BCUT2D eigenvalue weighted by atomic mass is 10.1. The minimum Gasteiger partial charge on any atom is -0.312 e. The molecule has 0 radical (unpaired) electrons. The van der Waals surface area contributed by atoms with Crippen LogP contribution in [0.2, 0.25) is 0 Å². The van der Waals surface area contributed by atoms with Gasteiger partial charge in [0.05, 0.1) is 15.2 Å². The quantitative estimate of drug-likeness (QED) is 0.898. The normalized spacial score (nSPS) is 12.2. The van der Waals surface area contributed by atoms with E-state index >= 15 is 0 Å². The summed E-state index contributed by atoms with van der Waals surface area (Å²) in [5.74, 6) is 0. The summed E-state index contributed by atoms with van der Waals surface area (Å²) in [6, 6.07) is 6.38. The fourth-order valence-electron chi connectivity index (χ4n) is 1.78. The first-order valence-electron chi connectivity index (χ1n) is 6.06. The Bertz CT molecular complexity index is 508. The Balaban J connectivity index is 2.07. The average Bonchev–Trinajstić information content (AvgIpc) is 2.60. The molecule has 0 unspecified atom stereocenters. The van der Waals surface area contributed by atoms with Crippen molar-refractivity contribution < 1.29 is 0 Å². The lowest BCUT2D eigenvalue weighted by Crippen LogP contribution is -2.37. The van der Waals surface area contributed by atoms with Crippen LogP contribution in [-0.2, 0) is 6.42 Å². The zero-order valence-electron chi connectivity index (χ0n) is 11.0. The third kappa shape index (κ3) is 3.27. The maximum Gasteiger partial charge on any atom is 0.0951 e. The van der Waals surface area contributed by atoms with Crippen molar-refractivity contribution >= 4 is 21.6 Å². The predicted molar refractivity (Wildman–Crippen MR) is 75.8 cm³/mol. The van der Waals surface area contributed by atoms with Crippen molar-refractivity contribution in [3.63, 3.8) is 0 Å². The molecule has 1 heterocycles. The molecular formula is C14H20N2S. The predicted octanol–water partition coefficient (Wildman–Crippen LogP) is 3.54. The van der Waals surface area contributed by atoms with Gasteiger partial charge in [-0.05, 0) is 39.3 Å². The summed E-state index contributed by atoms with van der Waals surface area (Å²) in [6.07, 6.45) is 1.01. The summed E-state index contributed by atoms with van der Waals surface area (Å²) >= 11 is 1.81. The van der Waals surface area contributed by atoms with Gasteiger partial charge < -0.3 is 5.32 Å². The molecule has 2 nitrogen and oxygen atoms in total. The summed E-state index contributed by atoms with van der Waals surface area (Å²) in [6.45, 7) is 9.68. The average molecular weight is 248 g/mol. The third-order valence-corrected chi connectivity index (χ3v) is 3.74. The number of fused-ring (bicyclic) bond motifs is 1. The number of nitrogens with one attached hydrogen (secondary N) is 1. The first kappa shape index (κ1) is 12.5. The molecule has 0 aliphatic rings. The number of aromatic nitrogens is 1. The summed E-state index contributed by atoms with van der Waals surface area (Å²) < 4.78 is 1.30. The minimum absolute atomic E-state index is 0.187. The number of aryl methyl sites for hydroxylation is 1. The van der Waals surface area contributed by atoms with Gasteiger partial charge in [-0.3, -0.25) is 0 Å². The van der Waals surface area contributed by atoms with Crippen molar-refractivity contribution in [2.75, 3.05) is 6.54 Å². The largest absolute Gasteiger partial charge is 0.312 e. The molecule has 1 aromatic heterocycles. The molecule has 92 valence electrons. The Labute approximate surface area is 107 Å². The van der Waals surface area contributed by atoms with Gasteiger partial charge >= 0.3 is 0 Å². The Hall–Kier alpha value is -0.930. The van der Waals surface area contributed by atoms with E-state index in [0.717, 1.165) is 13.0 Å². The first-order chi connectivity index (χ1) is 7.96. The molecule has 0 spiro atoms. The van der Waals surface area contributed by atoms with Crippen molar-refractivity contribution in [3.8, 4) is 0 Å². The second-order valence-electron chi connectivity index (χ2n) is 5.46. The van der Waals surface area contributed by atoms with E-state index in [1.165, 1.54) is 20.8 Å². The van der Waals surface area contributed by atoms with E-state index in [9.17, 15) is 0 Å². The Morgan fingerprint density at radius 2 is 2.06 bits per heavy atom. The second kappa shape index (κ2) is 4.75. The molecule has 2 rings (SSSR count). The Morgan fingerprint density at radius 1 is 1.29 bits per heavy atom. The first-order valence-corrected chi connectivity index (χ1v) is 6.87. The zero-order chi connectivity index (χ0) is 12.5. The van der Waals surface area contributed by atoms with Gasteiger partial charge in [-0.25, -0.2) is 4.98 Å². The van der Waals surface area contributed by atoms with E-state index < -0.39 is 0 Å². The molecule has 3 heteroatoms. The highest BCUT2D eigenvalue weighted by atomic mass is 32.1. The van der Waals surface area contributed by atoms with Crippen molar-refractivity contribution in [2.45, 2.75) is 39.7 Å². The maximum atomic E-state index is 4.71. The van der Waals surface area contributed by atoms with Crippen LogP contribution in [-0.4, -0.2) is 17.1 Å². The number of hydrogen-bond donors (Lipinski definition) is 1. The van der Waals surface area contributed by atoms with Crippen LogP contribution in [0, 0.1) is 6.92 Å². The van der Waals surface area contributed by atoms with Crippen molar-refractivity contribution in [3.05, 3.63) is 28.8 Å². The number of thiazole rings is 1. The SMILES string of the molecule is Cc1cccc2sc(CCNC(C)(C)C)nc12. The van der Waals surface area contributed by atoms with Crippen LogP contribution in [0.1, 0.15) is 31.3 Å². The molecular weight excluding hydrogens is 228 g/mol. The van der Waals surface area contributed by atoms with Crippen molar-refractivity contribution in [1.82, 2.24) is 10.3 Å². The van der Waals surface area contributed by atoms with Crippen LogP contribution < -0.4 is 5.32 Å². The highest BCUT2D eigenvalue weighted by Crippen LogP contribution is 2.24. The van der Waals surface area contributed by atoms with E-state index in [1.807, 2.05) is 11.3 Å². The Morgan fingerprint density at radius 3 is 2.71 bits per heavy atom. The number of benzene rings is 1. The standard InChI is InChI=1S/C14H20N2S/c1-10-6-5-7-11-13(10)16-12(17-11)8-9-15-14(2,3)4/h5-7,15H,8-9H2,1-4H3. The van der Waals surface area contributed by atoms with E-state index in [-0.39, 0.29) is 5.54 Å². The van der Waals surface area contributed by atoms with Crippen LogP contribution in [0.4, 0.5) is 0 Å². The van der Waals surface area contributed by atoms with E-state index in [4.69, 9.17) is 4.98 Å². The van der Waals surface area contributed by atoms with Gasteiger partial charge in [-0.1, -0.05) is 12.1 Å². The van der Waals surface area contributed by atoms with Gasteiger partial charge in [0.2, 0.25) is 0 Å². The molecule has 1 aromatic carbocycles. The molecule has 0 atom stereocenters. The number of para-hydroxylation sites is 1. The minimum atomic E-state index is 0.187.